The minimum atomic E-state index is 0. The highest BCUT2D eigenvalue weighted by Crippen LogP contribution is 2.22. The zero-order valence-corrected chi connectivity index (χ0v) is 17.4. The fraction of sp³-hybridized carbons (Fsp3) is 0.667. The van der Waals surface area contributed by atoms with Crippen molar-refractivity contribution in [3.05, 3.63) is 30.1 Å². The van der Waals surface area contributed by atoms with Crippen LogP contribution in [0.3, 0.4) is 0 Å². The highest BCUT2D eigenvalue weighted by Gasteiger charge is 2.17. The monoisotopic (exact) mass is 432 g/mol. The summed E-state index contributed by atoms with van der Waals surface area (Å²) in [5, 5.41) is 6.80. The summed E-state index contributed by atoms with van der Waals surface area (Å²) in [6, 6.07) is 6.01. The second-order valence-corrected chi connectivity index (χ2v) is 6.54. The molecule has 0 saturated heterocycles. The first-order valence-electron chi connectivity index (χ1n) is 8.42. The average Bonchev–Trinajstić information content (AvgIpc) is 2.52. The fourth-order valence-electron chi connectivity index (χ4n) is 2.34. The van der Waals surface area contributed by atoms with E-state index in [1.54, 1.807) is 0 Å². The Hall–Kier alpha value is -0.850. The van der Waals surface area contributed by atoms with Crippen molar-refractivity contribution in [3.63, 3.8) is 0 Å². The second-order valence-electron chi connectivity index (χ2n) is 6.54. The zero-order chi connectivity index (χ0) is 16.3. The molecule has 0 spiro atoms. The number of aliphatic imine (C=N–C) groups is 1. The number of guanidine groups is 1. The number of hydrogen-bond donors (Lipinski definition) is 2. The third kappa shape index (κ3) is 10.5. The fourth-order valence-corrected chi connectivity index (χ4v) is 2.34. The molecule has 4 nitrogen and oxygen atoms in total. The Morgan fingerprint density at radius 3 is 2.61 bits per heavy atom. The van der Waals surface area contributed by atoms with Crippen LogP contribution < -0.4 is 10.6 Å². The van der Waals surface area contributed by atoms with E-state index in [-0.39, 0.29) is 24.0 Å². The normalized spacial score (nSPS) is 11.7. The molecule has 0 aliphatic rings. The number of pyridine rings is 1. The van der Waals surface area contributed by atoms with E-state index in [1.807, 2.05) is 25.4 Å². The average molecular weight is 432 g/mol. The maximum absolute atomic E-state index is 4.33. The van der Waals surface area contributed by atoms with Gasteiger partial charge in [-0.15, -0.1) is 24.0 Å². The first-order chi connectivity index (χ1) is 10.6. The van der Waals surface area contributed by atoms with Crippen LogP contribution in [-0.2, 0) is 6.42 Å². The lowest BCUT2D eigenvalue weighted by Crippen LogP contribution is -2.42. The Bertz CT molecular complexity index is 432. The lowest BCUT2D eigenvalue weighted by molar-refractivity contribution is 0.318. The predicted octanol–water partition coefficient (Wildman–Crippen LogP) is 4.01. The third-order valence-electron chi connectivity index (χ3n) is 3.81. The van der Waals surface area contributed by atoms with Gasteiger partial charge in [-0.05, 0) is 24.0 Å². The van der Waals surface area contributed by atoms with Crippen molar-refractivity contribution < 1.29 is 0 Å². The van der Waals surface area contributed by atoms with Crippen molar-refractivity contribution in [2.75, 3.05) is 20.1 Å². The quantitative estimate of drug-likeness (QED) is 0.268. The minimum Gasteiger partial charge on any atom is -0.356 e. The van der Waals surface area contributed by atoms with Crippen LogP contribution in [0.15, 0.2) is 29.4 Å². The number of nitrogens with one attached hydrogen (secondary N) is 2. The Morgan fingerprint density at radius 2 is 2.00 bits per heavy atom. The van der Waals surface area contributed by atoms with Crippen LogP contribution in [0.5, 0.6) is 0 Å². The molecule has 2 N–H and O–H groups in total. The summed E-state index contributed by atoms with van der Waals surface area (Å²) in [6.45, 7) is 8.67. The topological polar surface area (TPSA) is 49.3 Å². The number of rotatable bonds is 9. The highest BCUT2D eigenvalue weighted by atomic mass is 127. The number of aromatic nitrogens is 1. The minimum absolute atomic E-state index is 0. The summed E-state index contributed by atoms with van der Waals surface area (Å²) in [5.41, 5.74) is 1.40. The van der Waals surface area contributed by atoms with Crippen molar-refractivity contribution in [1.29, 1.82) is 0 Å². The highest BCUT2D eigenvalue weighted by molar-refractivity contribution is 14.0. The van der Waals surface area contributed by atoms with Crippen molar-refractivity contribution in [2.24, 2.45) is 10.4 Å². The molecule has 0 amide bonds. The molecule has 1 rings (SSSR count). The second kappa shape index (κ2) is 12.6. The molecule has 132 valence electrons. The van der Waals surface area contributed by atoms with E-state index in [9.17, 15) is 0 Å². The van der Waals surface area contributed by atoms with Gasteiger partial charge in [0.2, 0.25) is 0 Å². The van der Waals surface area contributed by atoms with E-state index in [0.717, 1.165) is 31.2 Å². The van der Waals surface area contributed by atoms with Gasteiger partial charge in [0.15, 0.2) is 5.96 Å². The van der Waals surface area contributed by atoms with Gasteiger partial charge >= 0.3 is 0 Å². The lowest BCUT2D eigenvalue weighted by Gasteiger charge is -2.26. The molecule has 0 unspecified atom stereocenters. The number of halogens is 1. The van der Waals surface area contributed by atoms with Crippen LogP contribution in [0.2, 0.25) is 0 Å². The molecule has 1 heterocycles. The smallest absolute Gasteiger partial charge is 0.191 e. The summed E-state index contributed by atoms with van der Waals surface area (Å²) in [4.78, 5) is 8.62. The van der Waals surface area contributed by atoms with E-state index < -0.39 is 0 Å². The molecule has 0 aliphatic carbocycles. The number of nitrogens with zero attached hydrogens (tertiary/aromatic N) is 2. The Kier molecular flexibility index (Phi) is 12.1. The Labute approximate surface area is 159 Å². The predicted molar refractivity (Wildman–Crippen MR) is 111 cm³/mol. The molecule has 23 heavy (non-hydrogen) atoms. The third-order valence-corrected chi connectivity index (χ3v) is 3.81. The van der Waals surface area contributed by atoms with Gasteiger partial charge in [0.05, 0.1) is 0 Å². The van der Waals surface area contributed by atoms with Gasteiger partial charge in [0.25, 0.3) is 0 Å². The maximum Gasteiger partial charge on any atom is 0.191 e. The van der Waals surface area contributed by atoms with E-state index in [0.29, 0.717) is 5.41 Å². The van der Waals surface area contributed by atoms with E-state index in [4.69, 9.17) is 0 Å². The molecule has 0 aromatic carbocycles. The van der Waals surface area contributed by atoms with Crippen LogP contribution in [-0.4, -0.2) is 31.1 Å². The molecule has 0 saturated carbocycles. The zero-order valence-electron chi connectivity index (χ0n) is 15.1. The van der Waals surface area contributed by atoms with Crippen LogP contribution >= 0.6 is 24.0 Å². The lowest BCUT2D eigenvalue weighted by atomic mass is 9.87. The summed E-state index contributed by atoms with van der Waals surface area (Å²) in [6.07, 6.45) is 7.89. The number of unbranched alkanes of at least 4 members (excludes halogenated alkanes) is 2. The molecule has 1 aromatic rings. The largest absolute Gasteiger partial charge is 0.356 e. The van der Waals surface area contributed by atoms with Gasteiger partial charge in [0.1, 0.15) is 0 Å². The molecular weight excluding hydrogens is 399 g/mol. The number of hydrogen-bond acceptors (Lipinski definition) is 2. The standard InChI is InChI=1S/C18H32N4.HI/c1-5-6-8-12-18(2,3)15-22-17(19-4)21-14-11-16-10-7-9-13-20-16;/h7,9-10,13H,5-6,8,11-12,14-15H2,1-4H3,(H2,19,21,22);1H. The molecular formula is C18H33IN4. The molecule has 0 fully saturated rings. The van der Waals surface area contributed by atoms with Gasteiger partial charge in [0, 0.05) is 38.4 Å². The molecule has 0 aliphatic heterocycles. The molecule has 0 radical (unpaired) electrons. The van der Waals surface area contributed by atoms with Gasteiger partial charge in [-0.2, -0.15) is 0 Å². The molecule has 5 heteroatoms. The van der Waals surface area contributed by atoms with Gasteiger partial charge in [-0.1, -0.05) is 46.1 Å². The SMILES string of the molecule is CCCCCC(C)(C)CNC(=NC)NCCc1ccccn1.I. The summed E-state index contributed by atoms with van der Waals surface area (Å²) in [5.74, 6) is 0.875. The molecule has 1 aromatic heterocycles. The summed E-state index contributed by atoms with van der Waals surface area (Å²) >= 11 is 0. The van der Waals surface area contributed by atoms with Crippen molar-refractivity contribution in [2.45, 2.75) is 52.9 Å². The van der Waals surface area contributed by atoms with Gasteiger partial charge in [-0.3, -0.25) is 9.98 Å². The van der Waals surface area contributed by atoms with E-state index >= 15 is 0 Å². The first kappa shape index (κ1) is 22.1. The van der Waals surface area contributed by atoms with Crippen molar-refractivity contribution in [3.8, 4) is 0 Å². The van der Waals surface area contributed by atoms with Gasteiger partial charge in [-0.25, -0.2) is 0 Å². The Balaban J connectivity index is 0.00000484. The van der Waals surface area contributed by atoms with Crippen LogP contribution in [0.25, 0.3) is 0 Å². The van der Waals surface area contributed by atoms with Gasteiger partial charge < -0.3 is 10.6 Å². The van der Waals surface area contributed by atoms with Crippen LogP contribution in [0, 0.1) is 5.41 Å². The van der Waals surface area contributed by atoms with Crippen LogP contribution in [0.1, 0.15) is 52.1 Å². The van der Waals surface area contributed by atoms with Crippen molar-refractivity contribution >= 4 is 29.9 Å². The van der Waals surface area contributed by atoms with Crippen molar-refractivity contribution in [1.82, 2.24) is 15.6 Å². The Morgan fingerprint density at radius 1 is 1.22 bits per heavy atom. The molecule has 0 atom stereocenters. The first-order valence-corrected chi connectivity index (χ1v) is 8.42. The van der Waals surface area contributed by atoms with Crippen LogP contribution in [0.4, 0.5) is 0 Å². The summed E-state index contributed by atoms with van der Waals surface area (Å²) in [7, 11) is 1.82. The van der Waals surface area contributed by atoms with E-state index in [2.05, 4.69) is 47.4 Å². The summed E-state index contributed by atoms with van der Waals surface area (Å²) < 4.78 is 0. The maximum atomic E-state index is 4.33. The molecule has 0 bridgehead atoms. The van der Waals surface area contributed by atoms with E-state index in [1.165, 1.54) is 25.7 Å².